The fraction of sp³-hybridized carbons (Fsp3) is 0.958. The average Bonchev–Trinajstić information content (AvgIpc) is 2.61. The van der Waals surface area contributed by atoms with Gasteiger partial charge >= 0.3 is 5.97 Å². The molecule has 0 aromatic heterocycles. The first kappa shape index (κ1) is 29.8. The van der Waals surface area contributed by atoms with Crippen LogP contribution in [-0.4, -0.2) is 59.1 Å². The second-order valence-electron chi connectivity index (χ2n) is 12.3. The molecule has 0 bridgehead atoms. The maximum absolute atomic E-state index is 11.5. The maximum atomic E-state index is 11.5. The van der Waals surface area contributed by atoms with Crippen LogP contribution >= 0.6 is 0 Å². The van der Waals surface area contributed by atoms with Gasteiger partial charge in [0.05, 0.1) is 25.4 Å². The Labute approximate surface area is 199 Å². The van der Waals surface area contributed by atoms with Gasteiger partial charge in [-0.2, -0.15) is 0 Å². The van der Waals surface area contributed by atoms with Gasteiger partial charge in [-0.25, -0.2) is 0 Å². The van der Waals surface area contributed by atoms with Crippen LogP contribution < -0.4 is 0 Å². The molecule has 1 aliphatic rings. The van der Waals surface area contributed by atoms with Gasteiger partial charge in [0.15, 0.2) is 22.9 Å². The molecule has 1 saturated heterocycles. The molecule has 0 aliphatic carbocycles. The summed E-state index contributed by atoms with van der Waals surface area (Å²) in [7, 11) is -2.95. The third-order valence-electron chi connectivity index (χ3n) is 7.82. The fourth-order valence-electron chi connectivity index (χ4n) is 3.66. The molecule has 32 heavy (non-hydrogen) atoms. The van der Waals surface area contributed by atoms with Gasteiger partial charge in [-0.3, -0.25) is 4.79 Å². The maximum Gasteiger partial charge on any atom is 0.305 e. The molecule has 0 aromatic rings. The summed E-state index contributed by atoms with van der Waals surface area (Å²) in [4.78, 5) is 22.4. The van der Waals surface area contributed by atoms with Crippen molar-refractivity contribution in [1.29, 1.82) is 0 Å². The summed E-state index contributed by atoms with van der Waals surface area (Å²) >= 11 is 0. The summed E-state index contributed by atoms with van der Waals surface area (Å²) in [6.45, 7) is 23.7. The molecular formula is C24H50O6Si2. The highest BCUT2D eigenvalue weighted by Gasteiger charge is 2.48. The number of carbonyl (C=O) groups is 1. The van der Waals surface area contributed by atoms with E-state index in [1.54, 1.807) is 0 Å². The van der Waals surface area contributed by atoms with E-state index >= 15 is 0 Å². The monoisotopic (exact) mass is 490 g/mol. The number of carbonyl (C=O) groups excluding carboxylic acids is 1. The zero-order chi connectivity index (χ0) is 25.1. The molecule has 8 heteroatoms. The van der Waals surface area contributed by atoms with Crippen molar-refractivity contribution in [3.8, 4) is 0 Å². The van der Waals surface area contributed by atoms with Crippen molar-refractivity contribution in [2.45, 2.75) is 135 Å². The van der Waals surface area contributed by atoms with E-state index in [9.17, 15) is 9.59 Å². The highest BCUT2D eigenvalue weighted by Crippen LogP contribution is 2.47. The van der Waals surface area contributed by atoms with E-state index in [2.05, 4.69) is 54.6 Å². The molecule has 1 heterocycles. The summed E-state index contributed by atoms with van der Waals surface area (Å²) < 4.78 is 24.3. The lowest BCUT2D eigenvalue weighted by Crippen LogP contribution is -2.53. The van der Waals surface area contributed by atoms with Gasteiger partial charge in [-0.05, 0) is 69.4 Å². The van der Waals surface area contributed by atoms with Gasteiger partial charge in [0.2, 0.25) is 0 Å². The first-order valence-electron chi connectivity index (χ1n) is 12.1. The molecule has 1 N–H and O–H groups in total. The van der Waals surface area contributed by atoms with Crippen molar-refractivity contribution in [2.75, 3.05) is 7.11 Å². The Balaban J connectivity index is 3.04. The predicted molar refractivity (Wildman–Crippen MR) is 135 cm³/mol. The Morgan fingerprint density at radius 3 is 2.19 bits per heavy atom. The molecule has 1 unspecified atom stereocenters. The van der Waals surface area contributed by atoms with Crippen LogP contribution in [0, 0.1) is 5.92 Å². The number of methoxy groups -OCH3 is 1. The van der Waals surface area contributed by atoms with E-state index in [1.807, 2.05) is 20.0 Å². The minimum atomic E-state index is -2.39. The number of ether oxygens (including phenoxy) is 3. The lowest BCUT2D eigenvalue weighted by Gasteiger charge is -2.48. The first-order valence-corrected chi connectivity index (χ1v) is 17.9. The molecule has 0 radical (unpaired) electrons. The van der Waals surface area contributed by atoms with Gasteiger partial charge in [0, 0.05) is 12.3 Å². The van der Waals surface area contributed by atoms with Crippen LogP contribution in [0.4, 0.5) is 0 Å². The van der Waals surface area contributed by atoms with Crippen molar-refractivity contribution < 1.29 is 28.2 Å². The molecule has 1 aliphatic heterocycles. The van der Waals surface area contributed by atoms with E-state index in [4.69, 9.17) is 18.6 Å². The molecular weight excluding hydrogens is 440 g/mol. The fourth-order valence-corrected chi connectivity index (χ4v) is 5.82. The number of hydrogen-bond donors (Lipinski definition) is 1. The number of hydrogen-bond acceptors (Lipinski definition) is 6. The molecule has 6 nitrogen and oxygen atoms in total. The van der Waals surface area contributed by atoms with Gasteiger partial charge in [0.25, 0.3) is 0 Å². The summed E-state index contributed by atoms with van der Waals surface area (Å²) in [5.74, 6) is -0.123. The van der Waals surface area contributed by atoms with Crippen LogP contribution in [0.3, 0.4) is 0 Å². The summed E-state index contributed by atoms with van der Waals surface area (Å²) in [5.41, 5.74) is 0. The zero-order valence-corrected chi connectivity index (χ0v) is 24.7. The Morgan fingerprint density at radius 1 is 1.16 bits per heavy atom. The van der Waals surface area contributed by atoms with Crippen LogP contribution in [0.2, 0.25) is 36.3 Å². The summed E-state index contributed by atoms with van der Waals surface area (Å²) in [6, 6.07) is 0. The molecule has 190 valence electrons. The standard InChI is InChI=1S/C24H50O6Si2/c1-17(13-14-21(25)27-8)28-22-19(16-24(6,7)31(9,10)26)15-20(18(2)29-22)30-32(11,12)23(3,4)5/h17-20,22,26H,13-16H2,1-12H3/t17-,18?,19-,20-,22-/m1/s1. The number of rotatable bonds is 10. The topological polar surface area (TPSA) is 74.2 Å². The quantitative estimate of drug-likeness (QED) is 0.306. The van der Waals surface area contributed by atoms with E-state index < -0.39 is 16.6 Å². The largest absolute Gasteiger partial charge is 0.469 e. The molecule has 0 amide bonds. The molecule has 5 atom stereocenters. The molecule has 0 spiro atoms. The van der Waals surface area contributed by atoms with Crippen LogP contribution in [0.5, 0.6) is 0 Å². The second-order valence-corrected chi connectivity index (χ2v) is 21.6. The Hall–Kier alpha value is -0.256. The summed E-state index contributed by atoms with van der Waals surface area (Å²) in [5, 5.41) is -0.0722. The van der Waals surface area contributed by atoms with E-state index in [1.165, 1.54) is 7.11 Å². The second kappa shape index (κ2) is 11.0. The van der Waals surface area contributed by atoms with Crippen molar-refractivity contribution in [3.05, 3.63) is 0 Å². The van der Waals surface area contributed by atoms with Gasteiger partial charge in [-0.1, -0.05) is 34.6 Å². The smallest absolute Gasteiger partial charge is 0.305 e. The lowest BCUT2D eigenvalue weighted by molar-refractivity contribution is -0.258. The van der Waals surface area contributed by atoms with Crippen molar-refractivity contribution >= 4 is 22.6 Å². The minimum absolute atomic E-state index is 0.00499. The molecule has 1 fully saturated rings. The van der Waals surface area contributed by atoms with Crippen molar-refractivity contribution in [1.82, 2.24) is 0 Å². The average molecular weight is 491 g/mol. The van der Waals surface area contributed by atoms with Crippen molar-refractivity contribution in [3.63, 3.8) is 0 Å². The highest BCUT2D eigenvalue weighted by atomic mass is 28.4. The van der Waals surface area contributed by atoms with Crippen molar-refractivity contribution in [2.24, 2.45) is 5.92 Å². The van der Waals surface area contributed by atoms with Crippen LogP contribution in [-0.2, 0) is 23.4 Å². The predicted octanol–water partition coefficient (Wildman–Crippen LogP) is 5.85. The molecule has 1 rings (SSSR count). The van der Waals surface area contributed by atoms with Gasteiger partial charge in [0.1, 0.15) is 0 Å². The van der Waals surface area contributed by atoms with Gasteiger partial charge in [-0.15, -0.1) is 0 Å². The third kappa shape index (κ3) is 8.20. The lowest BCUT2D eigenvalue weighted by atomic mass is 9.87. The Kier molecular flexibility index (Phi) is 10.2. The van der Waals surface area contributed by atoms with Crippen LogP contribution in [0.25, 0.3) is 0 Å². The molecule has 0 saturated carbocycles. The van der Waals surface area contributed by atoms with Gasteiger partial charge < -0.3 is 23.4 Å². The van der Waals surface area contributed by atoms with Crippen LogP contribution in [0.1, 0.15) is 74.1 Å². The van der Waals surface area contributed by atoms with E-state index in [0.717, 1.165) is 12.8 Å². The van der Waals surface area contributed by atoms with E-state index in [-0.39, 0.29) is 46.6 Å². The molecule has 0 aromatic carbocycles. The SMILES string of the molecule is COC(=O)CC[C@@H](C)O[C@@H]1OC(C)[C@H](O[Si](C)(C)C(C)(C)C)C[C@@H]1CC(C)(C)[Si](C)(C)O. The zero-order valence-electron chi connectivity index (χ0n) is 22.7. The Bertz CT molecular complexity index is 609. The third-order valence-corrected chi connectivity index (χ3v) is 15.8. The van der Waals surface area contributed by atoms with E-state index in [0.29, 0.717) is 12.8 Å². The Morgan fingerprint density at radius 2 is 1.72 bits per heavy atom. The normalized spacial score (nSPS) is 26.7. The minimum Gasteiger partial charge on any atom is -0.469 e. The highest BCUT2D eigenvalue weighted by molar-refractivity contribution is 6.74. The first-order chi connectivity index (χ1) is 14.3. The van der Waals surface area contributed by atoms with Crippen LogP contribution in [0.15, 0.2) is 0 Å². The number of esters is 1. The summed E-state index contributed by atoms with van der Waals surface area (Å²) in [6.07, 6.45) is 1.97.